The van der Waals surface area contributed by atoms with Gasteiger partial charge >= 0.3 is 0 Å². The maximum Gasteiger partial charge on any atom is 0.274 e. The number of aryl methyl sites for hydroxylation is 1. The molecule has 7 heteroatoms. The molecule has 0 saturated carbocycles. The molecular weight excluding hydrogens is 332 g/mol. The first-order valence-electron chi connectivity index (χ1n) is 8.65. The third kappa shape index (κ3) is 4.64. The van der Waals surface area contributed by atoms with Crippen LogP contribution in [0.15, 0.2) is 30.3 Å². The van der Waals surface area contributed by atoms with Gasteiger partial charge < -0.3 is 15.4 Å². The average Bonchev–Trinajstić information content (AvgIpc) is 3.13. The Labute approximate surface area is 152 Å². The molecule has 0 radical (unpaired) electrons. The third-order valence-electron chi connectivity index (χ3n) is 4.15. The summed E-state index contributed by atoms with van der Waals surface area (Å²) >= 11 is 0. The Morgan fingerprint density at radius 2 is 2.00 bits per heavy atom. The minimum atomic E-state index is -0.328. The van der Waals surface area contributed by atoms with E-state index >= 15 is 0 Å². The quantitative estimate of drug-likeness (QED) is 0.775. The smallest absolute Gasteiger partial charge is 0.274 e. The zero-order valence-electron chi connectivity index (χ0n) is 14.9. The van der Waals surface area contributed by atoms with Gasteiger partial charge in [-0.3, -0.25) is 9.59 Å². The molecule has 1 aromatic heterocycles. The van der Waals surface area contributed by atoms with Gasteiger partial charge in [0.15, 0.2) is 5.78 Å². The molecule has 2 heterocycles. The van der Waals surface area contributed by atoms with E-state index in [0.29, 0.717) is 29.4 Å². The number of benzene rings is 1. The van der Waals surface area contributed by atoms with E-state index in [1.54, 1.807) is 37.3 Å². The van der Waals surface area contributed by atoms with Crippen molar-refractivity contribution >= 4 is 23.2 Å². The summed E-state index contributed by atoms with van der Waals surface area (Å²) in [6, 6.07) is 8.37. The fraction of sp³-hybridized carbons (Fsp3) is 0.368. The summed E-state index contributed by atoms with van der Waals surface area (Å²) in [6.07, 6.45) is 2.29. The lowest BCUT2D eigenvalue weighted by atomic mass is 10.1. The Bertz CT molecular complexity index is 799. The van der Waals surface area contributed by atoms with Crippen molar-refractivity contribution in [2.75, 3.05) is 23.8 Å². The van der Waals surface area contributed by atoms with Crippen molar-refractivity contribution in [3.8, 4) is 0 Å². The predicted molar refractivity (Wildman–Crippen MR) is 98.6 cm³/mol. The van der Waals surface area contributed by atoms with E-state index in [4.69, 9.17) is 4.74 Å². The van der Waals surface area contributed by atoms with Crippen LogP contribution < -0.4 is 10.6 Å². The summed E-state index contributed by atoms with van der Waals surface area (Å²) in [5.74, 6) is 0.770. The molecule has 2 aromatic rings. The van der Waals surface area contributed by atoms with E-state index in [9.17, 15) is 9.59 Å². The summed E-state index contributed by atoms with van der Waals surface area (Å²) in [5.41, 5.74) is 1.48. The van der Waals surface area contributed by atoms with Crippen molar-refractivity contribution < 1.29 is 14.3 Å². The lowest BCUT2D eigenvalue weighted by Gasteiger charge is -2.12. The van der Waals surface area contributed by atoms with Crippen LogP contribution in [0.3, 0.4) is 0 Å². The first-order chi connectivity index (χ1) is 12.5. The molecule has 1 atom stereocenters. The first-order valence-corrected chi connectivity index (χ1v) is 8.65. The second-order valence-electron chi connectivity index (χ2n) is 6.29. The fourth-order valence-electron chi connectivity index (χ4n) is 2.78. The summed E-state index contributed by atoms with van der Waals surface area (Å²) in [5, 5.41) is 6.00. The van der Waals surface area contributed by atoms with Gasteiger partial charge in [0.2, 0.25) is 0 Å². The highest BCUT2D eigenvalue weighted by molar-refractivity contribution is 6.03. The van der Waals surface area contributed by atoms with Gasteiger partial charge in [-0.15, -0.1) is 0 Å². The molecule has 0 bridgehead atoms. The number of rotatable bonds is 6. The van der Waals surface area contributed by atoms with Crippen LogP contribution >= 0.6 is 0 Å². The molecule has 0 aliphatic carbocycles. The van der Waals surface area contributed by atoms with Gasteiger partial charge in [-0.25, -0.2) is 9.97 Å². The molecule has 1 saturated heterocycles. The van der Waals surface area contributed by atoms with Crippen molar-refractivity contribution in [1.29, 1.82) is 0 Å². The van der Waals surface area contributed by atoms with Gasteiger partial charge in [0.25, 0.3) is 5.91 Å². The van der Waals surface area contributed by atoms with Crippen molar-refractivity contribution in [2.45, 2.75) is 32.8 Å². The Balaban J connectivity index is 1.66. The number of ketones is 1. The van der Waals surface area contributed by atoms with Gasteiger partial charge in [0, 0.05) is 30.5 Å². The maximum atomic E-state index is 12.5. The number of aromatic nitrogens is 2. The number of ether oxygens (including phenoxy) is 1. The van der Waals surface area contributed by atoms with E-state index in [2.05, 4.69) is 20.6 Å². The zero-order valence-corrected chi connectivity index (χ0v) is 14.9. The highest BCUT2D eigenvalue weighted by Crippen LogP contribution is 2.15. The Morgan fingerprint density at radius 3 is 2.65 bits per heavy atom. The third-order valence-corrected chi connectivity index (χ3v) is 4.15. The second-order valence-corrected chi connectivity index (χ2v) is 6.29. The number of Topliss-reactive ketones (excluding diaryl/α,β-unsaturated/α-hetero) is 1. The predicted octanol–water partition coefficient (Wildman–Crippen LogP) is 2.83. The topological polar surface area (TPSA) is 93.2 Å². The van der Waals surface area contributed by atoms with Crippen molar-refractivity contribution in [1.82, 2.24) is 9.97 Å². The number of hydrogen-bond donors (Lipinski definition) is 2. The zero-order chi connectivity index (χ0) is 18.5. The van der Waals surface area contributed by atoms with Crippen LogP contribution in [0.25, 0.3) is 0 Å². The molecule has 2 N–H and O–H groups in total. The van der Waals surface area contributed by atoms with Crippen LogP contribution in [-0.2, 0) is 4.74 Å². The lowest BCUT2D eigenvalue weighted by Crippen LogP contribution is -2.20. The SMILES string of the molecule is CC(=O)c1ccc(NC(=O)c2cc(NCC3CCCO3)nc(C)n2)cc1. The Morgan fingerprint density at radius 1 is 1.23 bits per heavy atom. The Kier molecular flexibility index (Phi) is 5.58. The molecule has 1 aromatic carbocycles. The number of carbonyl (C=O) groups is 2. The molecule has 1 aliphatic heterocycles. The van der Waals surface area contributed by atoms with Crippen LogP contribution in [-0.4, -0.2) is 40.9 Å². The lowest BCUT2D eigenvalue weighted by molar-refractivity contribution is 0.101. The molecule has 136 valence electrons. The molecule has 7 nitrogen and oxygen atoms in total. The summed E-state index contributed by atoms with van der Waals surface area (Å²) in [6.45, 7) is 4.70. The Hall–Kier alpha value is -2.80. The molecular formula is C19H22N4O3. The number of hydrogen-bond acceptors (Lipinski definition) is 6. The molecule has 1 aliphatic rings. The maximum absolute atomic E-state index is 12.5. The fourth-order valence-corrected chi connectivity index (χ4v) is 2.78. The minimum Gasteiger partial charge on any atom is -0.376 e. The van der Waals surface area contributed by atoms with Crippen molar-refractivity contribution in [2.24, 2.45) is 0 Å². The highest BCUT2D eigenvalue weighted by atomic mass is 16.5. The van der Waals surface area contributed by atoms with Gasteiger partial charge in [-0.1, -0.05) is 0 Å². The molecule has 0 spiro atoms. The van der Waals surface area contributed by atoms with E-state index in [1.165, 1.54) is 6.92 Å². The number of nitrogens with one attached hydrogen (secondary N) is 2. The van der Waals surface area contributed by atoms with Gasteiger partial charge in [0.05, 0.1) is 6.10 Å². The van der Waals surface area contributed by atoms with Crippen LogP contribution in [0.1, 0.15) is 46.4 Å². The monoisotopic (exact) mass is 354 g/mol. The van der Waals surface area contributed by atoms with E-state index in [0.717, 1.165) is 19.4 Å². The van der Waals surface area contributed by atoms with Crippen LogP contribution in [0.2, 0.25) is 0 Å². The average molecular weight is 354 g/mol. The van der Waals surface area contributed by atoms with Crippen LogP contribution in [0, 0.1) is 6.92 Å². The largest absolute Gasteiger partial charge is 0.376 e. The number of carbonyl (C=O) groups excluding carboxylic acids is 2. The van der Waals surface area contributed by atoms with E-state index in [1.807, 2.05) is 0 Å². The van der Waals surface area contributed by atoms with Gasteiger partial charge in [0.1, 0.15) is 17.3 Å². The number of anilines is 2. The van der Waals surface area contributed by atoms with Gasteiger partial charge in [-0.2, -0.15) is 0 Å². The minimum absolute atomic E-state index is 0.0174. The summed E-state index contributed by atoms with van der Waals surface area (Å²) < 4.78 is 5.58. The van der Waals surface area contributed by atoms with E-state index in [-0.39, 0.29) is 23.5 Å². The van der Waals surface area contributed by atoms with Crippen molar-refractivity contribution in [3.05, 3.63) is 47.4 Å². The number of nitrogens with zero attached hydrogens (tertiary/aromatic N) is 2. The highest BCUT2D eigenvalue weighted by Gasteiger charge is 2.16. The summed E-state index contributed by atoms with van der Waals surface area (Å²) in [4.78, 5) is 32.3. The molecule has 26 heavy (non-hydrogen) atoms. The number of amides is 1. The van der Waals surface area contributed by atoms with Gasteiger partial charge in [-0.05, 0) is 51.0 Å². The van der Waals surface area contributed by atoms with Crippen LogP contribution in [0.4, 0.5) is 11.5 Å². The first kappa shape index (κ1) is 18.0. The second kappa shape index (κ2) is 8.05. The normalized spacial score (nSPS) is 16.3. The molecule has 1 amide bonds. The molecule has 3 rings (SSSR count). The summed E-state index contributed by atoms with van der Waals surface area (Å²) in [7, 11) is 0. The standard InChI is InChI=1S/C19H22N4O3/c1-12(24)14-5-7-15(8-6-14)23-19(25)17-10-18(22-13(2)21-17)20-11-16-4-3-9-26-16/h5-8,10,16H,3-4,9,11H2,1-2H3,(H,23,25)(H,20,21,22). The molecule has 1 fully saturated rings. The molecule has 1 unspecified atom stereocenters. The van der Waals surface area contributed by atoms with Crippen LogP contribution in [0.5, 0.6) is 0 Å². The van der Waals surface area contributed by atoms with Crippen molar-refractivity contribution in [3.63, 3.8) is 0 Å². The van der Waals surface area contributed by atoms with E-state index < -0.39 is 0 Å².